The van der Waals surface area contributed by atoms with E-state index in [1.807, 2.05) is 6.07 Å². The highest BCUT2D eigenvalue weighted by Gasteiger charge is 2.17. The van der Waals surface area contributed by atoms with Gasteiger partial charge in [-0.15, -0.1) is 0 Å². The maximum atomic E-state index is 13.3. The molecule has 2 aromatic carbocycles. The molecule has 1 unspecified atom stereocenters. The topological polar surface area (TPSA) is 56.9 Å². The second-order valence-electron chi connectivity index (χ2n) is 6.69. The molecule has 1 fully saturated rings. The van der Waals surface area contributed by atoms with Crippen molar-refractivity contribution in [3.63, 3.8) is 0 Å². The Morgan fingerprint density at radius 1 is 1.08 bits per heavy atom. The Hall–Kier alpha value is -2.73. The van der Waals surface area contributed by atoms with Crippen molar-refractivity contribution in [2.75, 3.05) is 18.4 Å². The lowest BCUT2D eigenvalue weighted by atomic mass is 9.91. The number of fused-ring (bicyclic) bond motifs is 1. The van der Waals surface area contributed by atoms with Crippen molar-refractivity contribution in [2.24, 2.45) is 0 Å². The maximum Gasteiger partial charge on any atom is 0.272 e. The zero-order valence-corrected chi connectivity index (χ0v) is 14.1. The van der Waals surface area contributed by atoms with Crippen LogP contribution in [0.15, 0.2) is 42.5 Å². The number of anilines is 1. The number of carbonyl (C=O) groups is 1. The van der Waals surface area contributed by atoms with Crippen LogP contribution in [0.25, 0.3) is 10.9 Å². The lowest BCUT2D eigenvalue weighted by Crippen LogP contribution is -2.28. The maximum absolute atomic E-state index is 13.3. The Bertz CT molecular complexity index is 941. The van der Waals surface area contributed by atoms with Gasteiger partial charge in [-0.05, 0) is 61.2 Å². The first-order valence-electron chi connectivity index (χ1n) is 8.69. The molecular weight excluding hydrogens is 336 g/mol. The van der Waals surface area contributed by atoms with Crippen molar-refractivity contribution >= 4 is 22.5 Å². The quantitative estimate of drug-likeness (QED) is 0.661. The number of hydrogen-bond acceptors (Lipinski definition) is 2. The second-order valence-corrected chi connectivity index (χ2v) is 6.69. The highest BCUT2D eigenvalue weighted by molar-refractivity contribution is 6.06. The summed E-state index contributed by atoms with van der Waals surface area (Å²) in [7, 11) is 0. The van der Waals surface area contributed by atoms with E-state index < -0.39 is 17.5 Å². The summed E-state index contributed by atoms with van der Waals surface area (Å²) in [5, 5.41) is 6.87. The Labute approximate surface area is 149 Å². The molecule has 1 amide bonds. The third-order valence-electron chi connectivity index (χ3n) is 4.78. The van der Waals surface area contributed by atoms with Gasteiger partial charge in [-0.1, -0.05) is 6.07 Å². The average molecular weight is 355 g/mol. The summed E-state index contributed by atoms with van der Waals surface area (Å²) in [6, 6.07) is 10.8. The van der Waals surface area contributed by atoms with Gasteiger partial charge in [0.05, 0.1) is 0 Å². The Kier molecular flexibility index (Phi) is 4.42. The van der Waals surface area contributed by atoms with Gasteiger partial charge in [0, 0.05) is 29.2 Å². The smallest absolute Gasteiger partial charge is 0.272 e. The predicted molar refractivity (Wildman–Crippen MR) is 97.5 cm³/mol. The van der Waals surface area contributed by atoms with Gasteiger partial charge in [-0.25, -0.2) is 8.78 Å². The number of carbonyl (C=O) groups excluding carboxylic acids is 1. The third-order valence-corrected chi connectivity index (χ3v) is 4.78. The highest BCUT2D eigenvalue weighted by Crippen LogP contribution is 2.27. The summed E-state index contributed by atoms with van der Waals surface area (Å²) in [5.41, 5.74) is 2.54. The standard InChI is InChI=1S/C20H19F2N3O/c21-15-8-16(22)10-17(9-15)24-20(26)19-7-14-6-12(3-4-18(14)25-19)13-2-1-5-23-11-13/h3-4,6-10,13,23,25H,1-2,5,11H2,(H,24,26). The van der Waals surface area contributed by atoms with Crippen LogP contribution >= 0.6 is 0 Å². The van der Waals surface area contributed by atoms with Crippen molar-refractivity contribution in [1.29, 1.82) is 0 Å². The van der Waals surface area contributed by atoms with Crippen LogP contribution in [0.4, 0.5) is 14.5 Å². The van der Waals surface area contributed by atoms with E-state index in [0.717, 1.165) is 55.0 Å². The molecule has 0 bridgehead atoms. The fraction of sp³-hybridized carbons (Fsp3) is 0.250. The molecule has 1 aliphatic heterocycles. The van der Waals surface area contributed by atoms with Gasteiger partial charge in [-0.3, -0.25) is 4.79 Å². The first kappa shape index (κ1) is 16.7. The van der Waals surface area contributed by atoms with Crippen molar-refractivity contribution in [1.82, 2.24) is 10.3 Å². The van der Waals surface area contributed by atoms with Gasteiger partial charge < -0.3 is 15.6 Å². The minimum atomic E-state index is -0.734. The molecule has 1 aliphatic rings. The summed E-state index contributed by atoms with van der Waals surface area (Å²) in [4.78, 5) is 15.5. The largest absolute Gasteiger partial charge is 0.351 e. The second kappa shape index (κ2) is 6.88. The molecule has 0 radical (unpaired) electrons. The van der Waals surface area contributed by atoms with Gasteiger partial charge in [-0.2, -0.15) is 0 Å². The fourth-order valence-corrected chi connectivity index (χ4v) is 3.49. The van der Waals surface area contributed by atoms with Crippen LogP contribution in [0, 0.1) is 11.6 Å². The lowest BCUT2D eigenvalue weighted by Gasteiger charge is -2.23. The normalized spacial score (nSPS) is 17.4. The molecule has 3 N–H and O–H groups in total. The van der Waals surface area contributed by atoms with E-state index in [1.165, 1.54) is 5.56 Å². The van der Waals surface area contributed by atoms with E-state index >= 15 is 0 Å². The van der Waals surface area contributed by atoms with E-state index in [0.29, 0.717) is 11.6 Å². The molecule has 1 aromatic heterocycles. The number of nitrogens with one attached hydrogen (secondary N) is 3. The molecule has 3 aromatic rings. The van der Waals surface area contributed by atoms with Crippen molar-refractivity contribution in [3.8, 4) is 0 Å². The molecule has 1 atom stereocenters. The summed E-state index contributed by atoms with van der Waals surface area (Å²) in [6.45, 7) is 2.03. The van der Waals surface area contributed by atoms with Gasteiger partial charge >= 0.3 is 0 Å². The molecule has 26 heavy (non-hydrogen) atoms. The summed E-state index contributed by atoms with van der Waals surface area (Å²) >= 11 is 0. The minimum absolute atomic E-state index is 0.0834. The van der Waals surface area contributed by atoms with E-state index in [4.69, 9.17) is 0 Å². The number of aromatic amines is 1. The molecule has 1 saturated heterocycles. The van der Waals surface area contributed by atoms with Crippen LogP contribution in [-0.2, 0) is 0 Å². The first-order valence-corrected chi connectivity index (χ1v) is 8.69. The Morgan fingerprint density at radius 2 is 1.88 bits per heavy atom. The fourth-order valence-electron chi connectivity index (χ4n) is 3.49. The van der Waals surface area contributed by atoms with E-state index in [9.17, 15) is 13.6 Å². The molecule has 4 nitrogen and oxygen atoms in total. The SMILES string of the molecule is O=C(Nc1cc(F)cc(F)c1)c1cc2cc(C3CCCNC3)ccc2[nH]1. The third kappa shape index (κ3) is 3.46. The molecule has 2 heterocycles. The van der Waals surface area contributed by atoms with Crippen LogP contribution in [-0.4, -0.2) is 24.0 Å². The summed E-state index contributed by atoms with van der Waals surface area (Å²) in [5.74, 6) is -1.42. The van der Waals surface area contributed by atoms with Crippen molar-refractivity contribution in [3.05, 3.63) is 65.4 Å². The monoisotopic (exact) mass is 355 g/mol. The van der Waals surface area contributed by atoms with Crippen LogP contribution in [0.3, 0.4) is 0 Å². The van der Waals surface area contributed by atoms with E-state index in [2.05, 4.69) is 27.8 Å². The van der Waals surface area contributed by atoms with Crippen LogP contribution in [0.5, 0.6) is 0 Å². The summed E-state index contributed by atoms with van der Waals surface area (Å²) in [6.07, 6.45) is 2.31. The zero-order valence-electron chi connectivity index (χ0n) is 14.1. The van der Waals surface area contributed by atoms with E-state index in [-0.39, 0.29) is 5.69 Å². The molecule has 0 spiro atoms. The molecule has 4 rings (SSSR count). The van der Waals surface area contributed by atoms with Crippen LogP contribution in [0.1, 0.15) is 34.8 Å². The predicted octanol–water partition coefficient (Wildman–Crippen LogP) is 4.17. The summed E-state index contributed by atoms with van der Waals surface area (Å²) < 4.78 is 26.5. The molecular formula is C20H19F2N3O. The minimum Gasteiger partial charge on any atom is -0.351 e. The molecule has 0 aliphatic carbocycles. The van der Waals surface area contributed by atoms with E-state index in [1.54, 1.807) is 6.07 Å². The zero-order chi connectivity index (χ0) is 18.1. The number of piperidine rings is 1. The number of H-pyrrole nitrogens is 1. The molecule has 0 saturated carbocycles. The molecule has 134 valence electrons. The number of rotatable bonds is 3. The molecule has 6 heteroatoms. The lowest BCUT2D eigenvalue weighted by molar-refractivity contribution is 0.102. The van der Waals surface area contributed by atoms with Crippen LogP contribution in [0.2, 0.25) is 0 Å². The number of hydrogen-bond donors (Lipinski definition) is 3. The number of benzene rings is 2. The Morgan fingerprint density at radius 3 is 2.62 bits per heavy atom. The highest BCUT2D eigenvalue weighted by atomic mass is 19.1. The first-order chi connectivity index (χ1) is 12.6. The number of amides is 1. The average Bonchev–Trinajstić information content (AvgIpc) is 3.05. The number of aromatic nitrogens is 1. The number of halogens is 2. The van der Waals surface area contributed by atoms with Gasteiger partial charge in [0.25, 0.3) is 5.91 Å². The van der Waals surface area contributed by atoms with Crippen molar-refractivity contribution < 1.29 is 13.6 Å². The van der Waals surface area contributed by atoms with Gasteiger partial charge in [0.1, 0.15) is 17.3 Å². The van der Waals surface area contributed by atoms with Crippen molar-refractivity contribution in [2.45, 2.75) is 18.8 Å². The van der Waals surface area contributed by atoms with Gasteiger partial charge in [0.2, 0.25) is 0 Å². The van der Waals surface area contributed by atoms with Crippen LogP contribution < -0.4 is 10.6 Å². The van der Waals surface area contributed by atoms with Gasteiger partial charge in [0.15, 0.2) is 0 Å². The Balaban J connectivity index is 1.57.